The quantitative estimate of drug-likeness (QED) is 0.822. The molecule has 1 unspecified atom stereocenters. The highest BCUT2D eigenvalue weighted by molar-refractivity contribution is 5.99. The minimum Gasteiger partial charge on any atom is -0.398 e. The van der Waals surface area contributed by atoms with Crippen LogP contribution in [0.5, 0.6) is 0 Å². The van der Waals surface area contributed by atoms with Crippen molar-refractivity contribution in [2.75, 3.05) is 25.4 Å². The highest BCUT2D eigenvalue weighted by atomic mass is 16.1. The summed E-state index contributed by atoms with van der Waals surface area (Å²) in [4.78, 5) is 14.8. The Bertz CT molecular complexity index is 510. The molecule has 1 saturated carbocycles. The molecule has 108 valence electrons. The fourth-order valence-electron chi connectivity index (χ4n) is 3.01. The molecule has 1 heterocycles. The molecule has 1 aliphatic heterocycles. The van der Waals surface area contributed by atoms with Gasteiger partial charge in [-0.2, -0.15) is 0 Å². The minimum atomic E-state index is -0.0453. The fourth-order valence-corrected chi connectivity index (χ4v) is 3.01. The first kappa shape index (κ1) is 13.4. The van der Waals surface area contributed by atoms with Crippen LogP contribution in [0.25, 0.3) is 0 Å². The Balaban J connectivity index is 1.53. The molecule has 1 aromatic rings. The van der Waals surface area contributed by atoms with E-state index in [0.717, 1.165) is 24.7 Å². The number of nitrogens with one attached hydrogen (secondary N) is 1. The smallest absolute Gasteiger partial charge is 0.253 e. The number of rotatable bonds is 4. The maximum atomic E-state index is 12.2. The highest BCUT2D eigenvalue weighted by Crippen LogP contribution is 2.31. The van der Waals surface area contributed by atoms with Gasteiger partial charge in [-0.15, -0.1) is 0 Å². The lowest BCUT2D eigenvalue weighted by Gasteiger charge is -2.15. The van der Waals surface area contributed by atoms with E-state index in [-0.39, 0.29) is 5.91 Å². The Morgan fingerprint density at radius 3 is 2.95 bits per heavy atom. The number of nitrogens with zero attached hydrogens (tertiary/aromatic N) is 1. The van der Waals surface area contributed by atoms with Crippen molar-refractivity contribution >= 4 is 11.6 Å². The number of likely N-dealkylation sites (tertiary alicyclic amines) is 1. The molecule has 20 heavy (non-hydrogen) atoms. The minimum absolute atomic E-state index is 0.0453. The molecule has 1 atom stereocenters. The lowest BCUT2D eigenvalue weighted by atomic mass is 10.1. The Morgan fingerprint density at radius 2 is 2.20 bits per heavy atom. The van der Waals surface area contributed by atoms with Crippen LogP contribution in [0.4, 0.5) is 5.69 Å². The molecule has 4 heteroatoms. The van der Waals surface area contributed by atoms with Crippen molar-refractivity contribution in [2.45, 2.75) is 32.2 Å². The second-order valence-electron chi connectivity index (χ2n) is 6.13. The van der Waals surface area contributed by atoms with E-state index in [2.05, 4.69) is 10.2 Å². The maximum absolute atomic E-state index is 12.2. The molecule has 4 nitrogen and oxygen atoms in total. The van der Waals surface area contributed by atoms with Gasteiger partial charge in [-0.05, 0) is 50.3 Å². The molecule has 0 aromatic heterocycles. The van der Waals surface area contributed by atoms with E-state index in [1.54, 1.807) is 6.07 Å². The predicted molar refractivity (Wildman–Crippen MR) is 80.6 cm³/mol. The maximum Gasteiger partial charge on any atom is 0.253 e. The molecular formula is C16H23N3O. The zero-order valence-electron chi connectivity index (χ0n) is 12.1. The molecule has 1 aromatic carbocycles. The summed E-state index contributed by atoms with van der Waals surface area (Å²) in [7, 11) is 0. The second-order valence-corrected chi connectivity index (χ2v) is 6.13. The van der Waals surface area contributed by atoms with Crippen LogP contribution in [0.3, 0.4) is 0 Å². The third kappa shape index (κ3) is 2.80. The number of benzene rings is 1. The second kappa shape index (κ2) is 5.44. The van der Waals surface area contributed by atoms with Gasteiger partial charge in [-0.1, -0.05) is 12.1 Å². The van der Waals surface area contributed by atoms with Crippen LogP contribution in [0.2, 0.25) is 0 Å². The monoisotopic (exact) mass is 273 g/mol. The van der Waals surface area contributed by atoms with Crippen molar-refractivity contribution in [1.29, 1.82) is 0 Å². The Kier molecular flexibility index (Phi) is 3.66. The largest absolute Gasteiger partial charge is 0.398 e. The van der Waals surface area contributed by atoms with Crippen molar-refractivity contribution in [3.63, 3.8) is 0 Å². The molecule has 1 aliphatic carbocycles. The van der Waals surface area contributed by atoms with Gasteiger partial charge in [0.1, 0.15) is 0 Å². The number of hydrogen-bond acceptors (Lipinski definition) is 3. The molecule has 1 saturated heterocycles. The summed E-state index contributed by atoms with van der Waals surface area (Å²) in [5.74, 6) is 0.543. The summed E-state index contributed by atoms with van der Waals surface area (Å²) in [6, 6.07) is 6.44. The average Bonchev–Trinajstić information content (AvgIpc) is 3.18. The van der Waals surface area contributed by atoms with Crippen molar-refractivity contribution in [2.24, 2.45) is 5.92 Å². The van der Waals surface area contributed by atoms with E-state index in [4.69, 9.17) is 5.73 Å². The molecule has 3 N–H and O–H groups in total. The Hall–Kier alpha value is -1.55. The topological polar surface area (TPSA) is 58.4 Å². The standard InChI is InChI=1S/C16H23N3O/c1-11-3-2-4-14(15(11)17)16(20)18-9-12-7-8-19(10-12)13-5-6-13/h2-4,12-13H,5-10,17H2,1H3,(H,18,20). The van der Waals surface area contributed by atoms with Crippen molar-refractivity contribution < 1.29 is 4.79 Å². The number of para-hydroxylation sites is 1. The van der Waals surface area contributed by atoms with E-state index in [9.17, 15) is 4.79 Å². The summed E-state index contributed by atoms with van der Waals surface area (Å²) in [6.07, 6.45) is 3.91. The predicted octanol–water partition coefficient (Wildman–Crippen LogP) is 1.79. The number of aryl methyl sites for hydroxylation is 1. The van der Waals surface area contributed by atoms with Gasteiger partial charge in [-0.25, -0.2) is 0 Å². The van der Waals surface area contributed by atoms with Gasteiger partial charge in [-0.3, -0.25) is 4.79 Å². The van der Waals surface area contributed by atoms with Crippen LogP contribution in [0.1, 0.15) is 35.2 Å². The molecular weight excluding hydrogens is 250 g/mol. The zero-order chi connectivity index (χ0) is 14.1. The first-order valence-electron chi connectivity index (χ1n) is 7.52. The third-order valence-corrected chi connectivity index (χ3v) is 4.50. The summed E-state index contributed by atoms with van der Waals surface area (Å²) < 4.78 is 0. The van der Waals surface area contributed by atoms with E-state index >= 15 is 0 Å². The SMILES string of the molecule is Cc1cccc(C(=O)NCC2CCN(C3CC3)C2)c1N. The Labute approximate surface area is 120 Å². The van der Waals surface area contributed by atoms with E-state index in [1.165, 1.54) is 25.8 Å². The lowest BCUT2D eigenvalue weighted by Crippen LogP contribution is -2.32. The number of hydrogen-bond donors (Lipinski definition) is 2. The van der Waals surface area contributed by atoms with Crippen LogP contribution in [0, 0.1) is 12.8 Å². The van der Waals surface area contributed by atoms with Crippen molar-refractivity contribution in [1.82, 2.24) is 10.2 Å². The van der Waals surface area contributed by atoms with Crippen LogP contribution in [-0.2, 0) is 0 Å². The summed E-state index contributed by atoms with van der Waals surface area (Å²) in [5.41, 5.74) is 8.12. The van der Waals surface area contributed by atoms with Crippen molar-refractivity contribution in [3.05, 3.63) is 29.3 Å². The van der Waals surface area contributed by atoms with Gasteiger partial charge < -0.3 is 16.0 Å². The summed E-state index contributed by atoms with van der Waals surface area (Å²) in [6.45, 7) is 5.01. The number of nitrogen functional groups attached to an aromatic ring is 1. The molecule has 0 bridgehead atoms. The van der Waals surface area contributed by atoms with Gasteiger partial charge >= 0.3 is 0 Å². The van der Waals surface area contributed by atoms with Crippen LogP contribution in [0.15, 0.2) is 18.2 Å². The van der Waals surface area contributed by atoms with E-state index in [1.807, 2.05) is 19.1 Å². The van der Waals surface area contributed by atoms with Crippen LogP contribution in [-0.4, -0.2) is 36.5 Å². The summed E-state index contributed by atoms with van der Waals surface area (Å²) in [5, 5.41) is 3.04. The molecule has 0 radical (unpaired) electrons. The number of carbonyl (C=O) groups is 1. The first-order chi connectivity index (χ1) is 9.65. The Morgan fingerprint density at radius 1 is 1.40 bits per heavy atom. The van der Waals surface area contributed by atoms with Crippen molar-refractivity contribution in [3.8, 4) is 0 Å². The molecule has 0 spiro atoms. The number of nitrogens with two attached hydrogens (primary N) is 1. The van der Waals surface area contributed by atoms with Gasteiger partial charge in [0.15, 0.2) is 0 Å². The van der Waals surface area contributed by atoms with E-state index < -0.39 is 0 Å². The number of anilines is 1. The van der Waals surface area contributed by atoms with Crippen LogP contribution >= 0.6 is 0 Å². The number of amides is 1. The molecule has 2 aliphatic rings. The average molecular weight is 273 g/mol. The van der Waals surface area contributed by atoms with Gasteiger partial charge in [0.25, 0.3) is 5.91 Å². The van der Waals surface area contributed by atoms with Gasteiger partial charge in [0.2, 0.25) is 0 Å². The molecule has 2 fully saturated rings. The fraction of sp³-hybridized carbons (Fsp3) is 0.562. The number of carbonyl (C=O) groups excluding carboxylic acids is 1. The zero-order valence-corrected chi connectivity index (χ0v) is 12.1. The van der Waals surface area contributed by atoms with Gasteiger partial charge in [0, 0.05) is 24.8 Å². The van der Waals surface area contributed by atoms with Crippen LogP contribution < -0.4 is 11.1 Å². The summed E-state index contributed by atoms with van der Waals surface area (Å²) >= 11 is 0. The first-order valence-corrected chi connectivity index (χ1v) is 7.52. The van der Waals surface area contributed by atoms with Gasteiger partial charge in [0.05, 0.1) is 5.56 Å². The van der Waals surface area contributed by atoms with E-state index in [0.29, 0.717) is 17.2 Å². The normalized spacial score (nSPS) is 22.9. The lowest BCUT2D eigenvalue weighted by molar-refractivity contribution is 0.0948. The molecule has 1 amide bonds. The third-order valence-electron chi connectivity index (χ3n) is 4.50. The highest BCUT2D eigenvalue weighted by Gasteiger charge is 2.34. The molecule has 3 rings (SSSR count).